The predicted molar refractivity (Wildman–Crippen MR) is 95.3 cm³/mol. The van der Waals surface area contributed by atoms with Gasteiger partial charge in [-0.2, -0.15) is 0 Å². The van der Waals surface area contributed by atoms with Gasteiger partial charge in [-0.15, -0.1) is 0 Å². The Morgan fingerprint density at radius 2 is 1.96 bits per heavy atom. The van der Waals surface area contributed by atoms with Crippen LogP contribution < -0.4 is 14.8 Å². The molecular weight excluding hydrogens is 336 g/mol. The predicted octanol–water partition coefficient (Wildman–Crippen LogP) is 4.43. The lowest BCUT2D eigenvalue weighted by Crippen LogP contribution is -2.55. The van der Waals surface area contributed by atoms with Gasteiger partial charge >= 0.3 is 0 Å². The van der Waals surface area contributed by atoms with Crippen LogP contribution in [0.2, 0.25) is 0 Å². The number of ether oxygens (including phenoxy) is 2. The molecule has 1 aromatic rings. The molecule has 5 rings (SSSR count). The van der Waals surface area contributed by atoms with Crippen LogP contribution in [0.1, 0.15) is 62.0 Å². The molecule has 26 heavy (non-hydrogen) atoms. The zero-order valence-corrected chi connectivity index (χ0v) is 15.3. The van der Waals surface area contributed by atoms with Crippen LogP contribution in [0.5, 0.6) is 11.5 Å². The molecule has 1 aromatic carbocycles. The molecule has 0 saturated heterocycles. The minimum Gasteiger partial charge on any atom is -0.493 e. The Hall–Kier alpha value is -1.36. The van der Waals surface area contributed by atoms with Gasteiger partial charge in [0.15, 0.2) is 17.6 Å². The van der Waals surface area contributed by atoms with Crippen molar-refractivity contribution in [3.8, 4) is 11.5 Å². The van der Waals surface area contributed by atoms with Crippen molar-refractivity contribution < 1.29 is 18.3 Å². The third-order valence-electron chi connectivity index (χ3n) is 7.07. The fourth-order valence-electron chi connectivity index (χ4n) is 5.86. The lowest BCUT2D eigenvalue weighted by molar-refractivity contribution is -0.135. The number of alkyl halides is 2. The molecule has 4 atom stereocenters. The number of halogens is 2. The van der Waals surface area contributed by atoms with E-state index in [1.165, 1.54) is 32.1 Å². The van der Waals surface area contributed by atoms with E-state index < -0.39 is 12.0 Å². The zero-order chi connectivity index (χ0) is 17.9. The van der Waals surface area contributed by atoms with Crippen LogP contribution in [0.3, 0.4) is 0 Å². The standard InChI is InChI=1S/C21H27F2NO2/c1-25-16-8-7-12-11-15(24-13-5-3-2-4-6-13)14-9-10-21(22,23)20-18(14)17(12)19(16)26-20/h7-8,13-15,18,20,24H,2-6,9-11H2,1H3/t14?,15-,18?,20-/m0/s1. The number of rotatable bonds is 3. The highest BCUT2D eigenvalue weighted by atomic mass is 19.3. The van der Waals surface area contributed by atoms with Crippen molar-refractivity contribution in [1.82, 2.24) is 5.32 Å². The van der Waals surface area contributed by atoms with Crippen LogP contribution in [0, 0.1) is 5.92 Å². The zero-order valence-electron chi connectivity index (χ0n) is 15.3. The van der Waals surface area contributed by atoms with E-state index in [1.807, 2.05) is 6.07 Å². The Bertz CT molecular complexity index is 701. The van der Waals surface area contributed by atoms with Gasteiger partial charge in [0.05, 0.1) is 7.11 Å². The van der Waals surface area contributed by atoms with Crippen molar-refractivity contribution in [2.45, 2.75) is 81.4 Å². The number of benzene rings is 1. The molecule has 0 radical (unpaired) electrons. The molecule has 1 aliphatic heterocycles. The molecule has 0 amide bonds. The van der Waals surface area contributed by atoms with E-state index in [2.05, 4.69) is 11.4 Å². The van der Waals surface area contributed by atoms with Gasteiger partial charge in [-0.05, 0) is 43.2 Å². The lowest BCUT2D eigenvalue weighted by atomic mass is 9.64. The Morgan fingerprint density at radius 1 is 1.15 bits per heavy atom. The van der Waals surface area contributed by atoms with E-state index in [0.29, 0.717) is 24.0 Å². The summed E-state index contributed by atoms with van der Waals surface area (Å²) in [5.41, 5.74) is 2.16. The largest absolute Gasteiger partial charge is 0.493 e. The maximum Gasteiger partial charge on any atom is 0.284 e. The van der Waals surface area contributed by atoms with Crippen LogP contribution in [0.4, 0.5) is 8.78 Å². The second-order valence-corrected chi connectivity index (χ2v) is 8.51. The second kappa shape index (κ2) is 6.08. The van der Waals surface area contributed by atoms with Gasteiger partial charge in [-0.3, -0.25) is 0 Å². The summed E-state index contributed by atoms with van der Waals surface area (Å²) < 4.78 is 40.7. The highest BCUT2D eigenvalue weighted by Gasteiger charge is 2.60. The molecule has 5 heteroatoms. The first-order valence-corrected chi connectivity index (χ1v) is 10.1. The minimum absolute atomic E-state index is 0.0761. The molecule has 0 bridgehead atoms. The molecule has 2 unspecified atom stereocenters. The topological polar surface area (TPSA) is 30.5 Å². The molecule has 1 N–H and O–H groups in total. The molecule has 4 aliphatic rings. The monoisotopic (exact) mass is 363 g/mol. The van der Waals surface area contributed by atoms with Crippen molar-refractivity contribution in [1.29, 1.82) is 0 Å². The Labute approximate surface area is 153 Å². The van der Waals surface area contributed by atoms with E-state index in [9.17, 15) is 8.78 Å². The van der Waals surface area contributed by atoms with Crippen molar-refractivity contribution in [3.05, 3.63) is 23.3 Å². The smallest absolute Gasteiger partial charge is 0.284 e. The molecule has 1 heterocycles. The SMILES string of the molecule is COc1ccc2c3c1O[C@H]1C3C(CCC1(F)F)[C@@H](NC1CCCCC1)C2. The van der Waals surface area contributed by atoms with E-state index in [-0.39, 0.29) is 24.3 Å². The van der Waals surface area contributed by atoms with Gasteiger partial charge in [0, 0.05) is 30.0 Å². The number of methoxy groups -OCH3 is 1. The summed E-state index contributed by atoms with van der Waals surface area (Å²) in [6.45, 7) is 0. The first kappa shape index (κ1) is 16.8. The third-order valence-corrected chi connectivity index (χ3v) is 7.07. The maximum atomic E-state index is 14.7. The highest BCUT2D eigenvalue weighted by Crippen LogP contribution is 2.59. The Kier molecular flexibility index (Phi) is 3.93. The van der Waals surface area contributed by atoms with Crippen molar-refractivity contribution >= 4 is 0 Å². The average Bonchev–Trinajstić information content (AvgIpc) is 3.05. The Balaban J connectivity index is 1.52. The number of nitrogens with one attached hydrogen (secondary N) is 1. The van der Waals surface area contributed by atoms with E-state index >= 15 is 0 Å². The molecule has 3 aliphatic carbocycles. The maximum absolute atomic E-state index is 14.7. The molecule has 3 nitrogen and oxygen atoms in total. The lowest BCUT2D eigenvalue weighted by Gasteiger charge is -2.46. The van der Waals surface area contributed by atoms with Crippen LogP contribution in [-0.2, 0) is 6.42 Å². The van der Waals surface area contributed by atoms with Gasteiger partial charge < -0.3 is 14.8 Å². The van der Waals surface area contributed by atoms with Crippen LogP contribution in [0.15, 0.2) is 12.1 Å². The van der Waals surface area contributed by atoms with Crippen molar-refractivity contribution in [3.63, 3.8) is 0 Å². The summed E-state index contributed by atoms with van der Waals surface area (Å²) >= 11 is 0. The van der Waals surface area contributed by atoms with Crippen LogP contribution in [-0.4, -0.2) is 31.2 Å². The quantitative estimate of drug-likeness (QED) is 0.862. The summed E-state index contributed by atoms with van der Waals surface area (Å²) in [6, 6.07) is 4.75. The summed E-state index contributed by atoms with van der Waals surface area (Å²) in [5.74, 6) is -1.60. The van der Waals surface area contributed by atoms with Gasteiger partial charge in [0.25, 0.3) is 5.92 Å². The van der Waals surface area contributed by atoms with Crippen LogP contribution >= 0.6 is 0 Å². The summed E-state index contributed by atoms with van der Waals surface area (Å²) in [4.78, 5) is 0. The summed E-state index contributed by atoms with van der Waals surface area (Å²) in [6.07, 6.45) is 6.66. The van der Waals surface area contributed by atoms with Gasteiger partial charge in [-0.25, -0.2) is 8.78 Å². The molecule has 2 fully saturated rings. The highest BCUT2D eigenvalue weighted by molar-refractivity contribution is 5.58. The number of hydrogen-bond acceptors (Lipinski definition) is 3. The summed E-state index contributed by atoms with van der Waals surface area (Å²) in [5, 5.41) is 3.87. The average molecular weight is 363 g/mol. The first-order valence-electron chi connectivity index (χ1n) is 10.1. The molecule has 0 aromatic heterocycles. The van der Waals surface area contributed by atoms with Crippen molar-refractivity contribution in [2.24, 2.45) is 5.92 Å². The molecule has 2 saturated carbocycles. The second-order valence-electron chi connectivity index (χ2n) is 8.51. The van der Waals surface area contributed by atoms with Crippen LogP contribution in [0.25, 0.3) is 0 Å². The minimum atomic E-state index is -2.77. The number of hydrogen-bond donors (Lipinski definition) is 1. The Morgan fingerprint density at radius 3 is 2.73 bits per heavy atom. The molecular formula is C21H27F2NO2. The first-order chi connectivity index (χ1) is 12.6. The van der Waals surface area contributed by atoms with E-state index in [1.54, 1.807) is 7.11 Å². The molecule has 142 valence electrons. The van der Waals surface area contributed by atoms with E-state index in [4.69, 9.17) is 9.47 Å². The fourth-order valence-corrected chi connectivity index (χ4v) is 5.86. The molecule has 0 spiro atoms. The summed E-state index contributed by atoms with van der Waals surface area (Å²) in [7, 11) is 1.58. The van der Waals surface area contributed by atoms with Gasteiger partial charge in [-0.1, -0.05) is 25.3 Å². The fraction of sp³-hybridized carbons (Fsp3) is 0.714. The third kappa shape index (κ3) is 2.46. The normalized spacial score (nSPS) is 34.9. The van der Waals surface area contributed by atoms with E-state index in [0.717, 1.165) is 17.5 Å². The van der Waals surface area contributed by atoms with Gasteiger partial charge in [0.1, 0.15) is 0 Å². The van der Waals surface area contributed by atoms with Crippen molar-refractivity contribution in [2.75, 3.05) is 7.11 Å². The van der Waals surface area contributed by atoms with Gasteiger partial charge in [0.2, 0.25) is 0 Å².